The molecule has 30 heavy (non-hydrogen) atoms. The molecule has 1 heterocycles. The first-order valence-corrected chi connectivity index (χ1v) is 10.2. The van der Waals surface area contributed by atoms with Gasteiger partial charge in [-0.25, -0.2) is 9.18 Å². The van der Waals surface area contributed by atoms with Crippen molar-refractivity contribution >= 4 is 23.5 Å². The third-order valence-electron chi connectivity index (χ3n) is 4.92. The SMILES string of the molecule is CC1=C(C(=O)OC(C)(C)C)C(c2cccc(Cl)c2)CC(=O)N1Cc1cccc(F)c1. The summed E-state index contributed by atoms with van der Waals surface area (Å²) in [6.07, 6.45) is 0.0988. The normalized spacial score (nSPS) is 17.3. The summed E-state index contributed by atoms with van der Waals surface area (Å²) in [5, 5.41) is 0.531. The van der Waals surface area contributed by atoms with Crippen molar-refractivity contribution in [1.29, 1.82) is 0 Å². The Morgan fingerprint density at radius 1 is 1.20 bits per heavy atom. The van der Waals surface area contributed by atoms with Crippen LogP contribution >= 0.6 is 11.6 Å². The van der Waals surface area contributed by atoms with E-state index in [1.54, 1.807) is 58.0 Å². The zero-order valence-corrected chi connectivity index (χ0v) is 18.3. The standard InChI is InChI=1S/C24H25ClFNO3/c1-15-22(23(29)30-24(2,3)4)20(17-8-6-9-18(25)12-17)13-21(28)27(15)14-16-7-5-10-19(26)11-16/h5-12,20H,13-14H2,1-4H3. The highest BCUT2D eigenvalue weighted by molar-refractivity contribution is 6.30. The number of nitrogens with zero attached hydrogens (tertiary/aromatic N) is 1. The maximum Gasteiger partial charge on any atom is 0.336 e. The Hall–Kier alpha value is -2.66. The van der Waals surface area contributed by atoms with Crippen molar-refractivity contribution in [2.45, 2.75) is 52.2 Å². The highest BCUT2D eigenvalue weighted by atomic mass is 35.5. The second kappa shape index (κ2) is 8.60. The van der Waals surface area contributed by atoms with Crippen LogP contribution in [0.1, 0.15) is 51.2 Å². The Morgan fingerprint density at radius 3 is 2.53 bits per heavy atom. The van der Waals surface area contributed by atoms with E-state index in [1.807, 2.05) is 6.07 Å². The number of esters is 1. The van der Waals surface area contributed by atoms with Gasteiger partial charge in [0.05, 0.1) is 12.1 Å². The number of hydrogen-bond donors (Lipinski definition) is 0. The molecule has 1 atom stereocenters. The maximum absolute atomic E-state index is 13.6. The molecule has 2 aromatic rings. The Bertz CT molecular complexity index is 1010. The van der Waals surface area contributed by atoms with Crippen LogP contribution in [0, 0.1) is 5.82 Å². The topological polar surface area (TPSA) is 46.6 Å². The van der Waals surface area contributed by atoms with Gasteiger partial charge in [0, 0.05) is 23.1 Å². The van der Waals surface area contributed by atoms with Gasteiger partial charge in [-0.2, -0.15) is 0 Å². The molecule has 6 heteroatoms. The van der Waals surface area contributed by atoms with Crippen LogP contribution in [0.4, 0.5) is 4.39 Å². The van der Waals surface area contributed by atoms with Gasteiger partial charge >= 0.3 is 5.97 Å². The molecule has 1 aliphatic heterocycles. The van der Waals surface area contributed by atoms with E-state index in [0.29, 0.717) is 21.9 Å². The van der Waals surface area contributed by atoms with Gasteiger partial charge in [-0.15, -0.1) is 0 Å². The lowest BCUT2D eigenvalue weighted by molar-refractivity contribution is -0.150. The van der Waals surface area contributed by atoms with E-state index in [9.17, 15) is 14.0 Å². The van der Waals surface area contributed by atoms with Gasteiger partial charge in [-0.1, -0.05) is 35.9 Å². The summed E-state index contributed by atoms with van der Waals surface area (Å²) < 4.78 is 19.3. The van der Waals surface area contributed by atoms with Crippen LogP contribution in [0.15, 0.2) is 59.8 Å². The van der Waals surface area contributed by atoms with E-state index in [1.165, 1.54) is 17.0 Å². The fourth-order valence-electron chi connectivity index (χ4n) is 3.63. The molecule has 0 N–H and O–H groups in total. The monoisotopic (exact) mass is 429 g/mol. The number of amides is 1. The maximum atomic E-state index is 13.6. The zero-order valence-electron chi connectivity index (χ0n) is 17.5. The fraction of sp³-hybridized carbons (Fsp3) is 0.333. The van der Waals surface area contributed by atoms with Crippen LogP contribution in [0.3, 0.4) is 0 Å². The largest absolute Gasteiger partial charge is 0.457 e. The molecule has 3 rings (SSSR count). The minimum absolute atomic E-state index is 0.0988. The third kappa shape index (κ3) is 5.08. The number of allylic oxidation sites excluding steroid dienone is 1. The number of rotatable bonds is 4. The molecular formula is C24H25ClFNO3. The Balaban J connectivity index is 2.06. The Labute approximate surface area is 181 Å². The smallest absolute Gasteiger partial charge is 0.336 e. The van der Waals surface area contributed by atoms with Gasteiger partial charge in [0.2, 0.25) is 5.91 Å². The van der Waals surface area contributed by atoms with Crippen molar-refractivity contribution < 1.29 is 18.7 Å². The highest BCUT2D eigenvalue weighted by Gasteiger charge is 2.38. The molecule has 0 saturated carbocycles. The molecule has 0 radical (unpaired) electrons. The van der Waals surface area contributed by atoms with Crippen LogP contribution in [-0.2, 0) is 20.9 Å². The zero-order chi connectivity index (χ0) is 22.1. The van der Waals surface area contributed by atoms with E-state index in [0.717, 1.165) is 5.56 Å². The van der Waals surface area contributed by atoms with Crippen LogP contribution in [0.5, 0.6) is 0 Å². The van der Waals surface area contributed by atoms with Crippen molar-refractivity contribution in [1.82, 2.24) is 4.90 Å². The Kier molecular flexibility index (Phi) is 6.32. The van der Waals surface area contributed by atoms with Gasteiger partial charge in [-0.3, -0.25) is 4.79 Å². The summed E-state index contributed by atoms with van der Waals surface area (Å²) in [5.41, 5.74) is 1.67. The second-order valence-electron chi connectivity index (χ2n) is 8.42. The second-order valence-corrected chi connectivity index (χ2v) is 8.86. The minimum atomic E-state index is -0.682. The molecule has 2 aromatic carbocycles. The van der Waals surface area contributed by atoms with Gasteiger partial charge in [0.1, 0.15) is 11.4 Å². The van der Waals surface area contributed by atoms with Crippen molar-refractivity contribution in [2.75, 3.05) is 0 Å². The summed E-state index contributed by atoms with van der Waals surface area (Å²) in [4.78, 5) is 27.7. The number of carbonyl (C=O) groups is 2. The molecule has 0 fully saturated rings. The molecule has 0 aliphatic carbocycles. The molecule has 0 saturated heterocycles. The van der Waals surface area contributed by atoms with E-state index >= 15 is 0 Å². The van der Waals surface area contributed by atoms with Crippen LogP contribution in [0.25, 0.3) is 0 Å². The number of hydrogen-bond acceptors (Lipinski definition) is 3. The molecule has 1 aliphatic rings. The summed E-state index contributed by atoms with van der Waals surface area (Å²) in [7, 11) is 0. The summed E-state index contributed by atoms with van der Waals surface area (Å²) in [6, 6.07) is 13.2. The van der Waals surface area contributed by atoms with Gasteiger partial charge in [-0.05, 0) is 63.1 Å². The third-order valence-corrected chi connectivity index (χ3v) is 5.16. The average Bonchev–Trinajstić information content (AvgIpc) is 2.63. The fourth-order valence-corrected chi connectivity index (χ4v) is 3.83. The van der Waals surface area contributed by atoms with Crippen molar-refractivity contribution in [2.24, 2.45) is 0 Å². The van der Waals surface area contributed by atoms with E-state index < -0.39 is 17.5 Å². The lowest BCUT2D eigenvalue weighted by Crippen LogP contribution is -2.39. The van der Waals surface area contributed by atoms with E-state index in [2.05, 4.69) is 0 Å². The predicted octanol–water partition coefficient (Wildman–Crippen LogP) is 5.61. The predicted molar refractivity (Wildman–Crippen MR) is 114 cm³/mol. The average molecular weight is 430 g/mol. The van der Waals surface area contributed by atoms with Crippen LogP contribution in [0.2, 0.25) is 5.02 Å². The molecule has 1 amide bonds. The van der Waals surface area contributed by atoms with E-state index in [-0.39, 0.29) is 24.7 Å². The molecular weight excluding hydrogens is 405 g/mol. The summed E-state index contributed by atoms with van der Waals surface area (Å²) >= 11 is 6.16. The van der Waals surface area contributed by atoms with Crippen LogP contribution in [-0.4, -0.2) is 22.4 Å². The summed E-state index contributed by atoms with van der Waals surface area (Å²) in [6.45, 7) is 7.30. The Morgan fingerprint density at radius 2 is 1.90 bits per heavy atom. The number of halogens is 2. The molecule has 158 valence electrons. The first kappa shape index (κ1) is 22.0. The molecule has 1 unspecified atom stereocenters. The summed E-state index contributed by atoms with van der Waals surface area (Å²) in [5.74, 6) is -1.45. The van der Waals surface area contributed by atoms with Gasteiger partial charge < -0.3 is 9.64 Å². The number of ether oxygens (including phenoxy) is 1. The number of carbonyl (C=O) groups excluding carboxylic acids is 2. The quantitative estimate of drug-likeness (QED) is 0.593. The molecule has 0 bridgehead atoms. The first-order chi connectivity index (χ1) is 14.0. The first-order valence-electron chi connectivity index (χ1n) is 9.79. The van der Waals surface area contributed by atoms with Crippen LogP contribution < -0.4 is 0 Å². The lowest BCUT2D eigenvalue weighted by Gasteiger charge is -2.35. The van der Waals surface area contributed by atoms with Gasteiger partial charge in [0.25, 0.3) is 0 Å². The molecule has 4 nitrogen and oxygen atoms in total. The van der Waals surface area contributed by atoms with Crippen molar-refractivity contribution in [3.63, 3.8) is 0 Å². The van der Waals surface area contributed by atoms with Gasteiger partial charge in [0.15, 0.2) is 0 Å². The van der Waals surface area contributed by atoms with E-state index in [4.69, 9.17) is 16.3 Å². The highest BCUT2D eigenvalue weighted by Crippen LogP contribution is 2.39. The van der Waals surface area contributed by atoms with Crippen molar-refractivity contribution in [3.8, 4) is 0 Å². The molecule has 0 aromatic heterocycles. The molecule has 0 spiro atoms. The van der Waals surface area contributed by atoms with Crippen molar-refractivity contribution in [3.05, 3.63) is 81.8 Å². The minimum Gasteiger partial charge on any atom is -0.457 e. The number of benzene rings is 2. The lowest BCUT2D eigenvalue weighted by atomic mass is 9.83.